The molecular weight excluding hydrogens is 641 g/mol. The van der Waals surface area contributed by atoms with E-state index in [9.17, 15) is 5.26 Å². The van der Waals surface area contributed by atoms with Crippen molar-refractivity contribution < 1.29 is 0 Å². The number of para-hydroxylation sites is 2. The Morgan fingerprint density at radius 2 is 0.755 bits per heavy atom. The Hall–Kier alpha value is -7.21. The van der Waals surface area contributed by atoms with Gasteiger partial charge in [-0.1, -0.05) is 164 Å². The first-order valence-electron chi connectivity index (χ1n) is 18.0. The second kappa shape index (κ2) is 12.5. The van der Waals surface area contributed by atoms with Crippen LogP contribution in [0, 0.1) is 11.3 Å². The van der Waals surface area contributed by atoms with Gasteiger partial charge in [0, 0.05) is 16.5 Å². The summed E-state index contributed by atoms with van der Waals surface area (Å²) in [5, 5.41) is 17.8. The van der Waals surface area contributed by atoms with Crippen LogP contribution < -0.4 is 0 Å². The molecule has 2 nitrogen and oxygen atoms in total. The van der Waals surface area contributed by atoms with Gasteiger partial charge in [-0.3, -0.25) is 0 Å². The molecule has 0 atom stereocenters. The Morgan fingerprint density at radius 3 is 1.28 bits per heavy atom. The van der Waals surface area contributed by atoms with E-state index in [0.29, 0.717) is 5.56 Å². The lowest BCUT2D eigenvalue weighted by molar-refractivity contribution is 1.18. The van der Waals surface area contributed by atoms with Crippen molar-refractivity contribution in [2.24, 2.45) is 0 Å². The Morgan fingerprint density at radius 1 is 0.340 bits per heavy atom. The first-order valence-corrected chi connectivity index (χ1v) is 18.0. The van der Waals surface area contributed by atoms with E-state index in [0.717, 1.165) is 33.5 Å². The van der Waals surface area contributed by atoms with Crippen molar-refractivity contribution in [3.8, 4) is 56.3 Å². The molecule has 0 fully saturated rings. The summed E-state index contributed by atoms with van der Waals surface area (Å²) in [6, 6.07) is 71.4. The van der Waals surface area contributed by atoms with Crippen LogP contribution in [0.4, 0.5) is 0 Å². The fourth-order valence-corrected chi connectivity index (χ4v) is 8.24. The number of benzene rings is 9. The van der Waals surface area contributed by atoms with Crippen LogP contribution in [0.5, 0.6) is 0 Å². The molecule has 0 radical (unpaired) electrons. The van der Waals surface area contributed by atoms with E-state index in [1.165, 1.54) is 60.0 Å². The van der Waals surface area contributed by atoms with Crippen LogP contribution in [-0.4, -0.2) is 4.57 Å². The van der Waals surface area contributed by atoms with Crippen LogP contribution in [0.2, 0.25) is 0 Å². The van der Waals surface area contributed by atoms with Crippen molar-refractivity contribution in [1.82, 2.24) is 4.57 Å². The van der Waals surface area contributed by atoms with E-state index in [2.05, 4.69) is 199 Å². The largest absolute Gasteiger partial charge is 0.309 e. The smallest absolute Gasteiger partial charge is 0.0998 e. The van der Waals surface area contributed by atoms with E-state index in [4.69, 9.17) is 0 Å². The molecule has 0 aliphatic carbocycles. The molecule has 0 saturated heterocycles. The minimum absolute atomic E-state index is 0.657. The highest BCUT2D eigenvalue weighted by molar-refractivity contribution is 6.21. The van der Waals surface area contributed by atoms with Crippen molar-refractivity contribution in [3.63, 3.8) is 0 Å². The third-order valence-corrected chi connectivity index (χ3v) is 10.7. The standard InChI is InChI=1S/C51H32N2/c52-33-39-32-38(34-26-29-40(30-27-34)53-48-20-10-8-14-42(48)43-15-9-11-21-49(43)53)28-31-41(39)35-22-24-37(25-23-35)51-46-18-6-4-16-44(46)50(36-12-2-1-3-13-36)45-17-5-7-19-47(45)51/h1-32H. The molecular formula is C51H32N2. The predicted molar refractivity (Wildman–Crippen MR) is 222 cm³/mol. The third kappa shape index (κ3) is 5.02. The molecule has 0 aliphatic heterocycles. The second-order valence-corrected chi connectivity index (χ2v) is 13.6. The zero-order valence-corrected chi connectivity index (χ0v) is 28.9. The molecule has 0 saturated carbocycles. The Bertz CT molecular complexity index is 2920. The summed E-state index contributed by atoms with van der Waals surface area (Å²) >= 11 is 0. The molecule has 0 bridgehead atoms. The lowest BCUT2D eigenvalue weighted by Crippen LogP contribution is -1.93. The van der Waals surface area contributed by atoms with E-state index < -0.39 is 0 Å². The molecule has 0 spiro atoms. The van der Waals surface area contributed by atoms with Crippen LogP contribution in [-0.2, 0) is 0 Å². The van der Waals surface area contributed by atoms with Gasteiger partial charge in [0.25, 0.3) is 0 Å². The predicted octanol–water partition coefficient (Wildman–Crippen LogP) is 13.6. The summed E-state index contributed by atoms with van der Waals surface area (Å²) < 4.78 is 2.32. The van der Waals surface area contributed by atoms with E-state index in [-0.39, 0.29) is 0 Å². The molecule has 53 heavy (non-hydrogen) atoms. The number of aromatic nitrogens is 1. The number of nitriles is 1. The van der Waals surface area contributed by atoms with E-state index in [1.807, 2.05) is 6.07 Å². The summed E-state index contributed by atoms with van der Waals surface area (Å²) in [6.45, 7) is 0. The maximum atomic E-state index is 10.4. The Kier molecular flexibility index (Phi) is 7.23. The summed E-state index contributed by atoms with van der Waals surface area (Å²) in [7, 11) is 0. The first-order chi connectivity index (χ1) is 26.3. The van der Waals surface area contributed by atoms with Gasteiger partial charge < -0.3 is 4.57 Å². The fourth-order valence-electron chi connectivity index (χ4n) is 8.24. The van der Waals surface area contributed by atoms with Crippen LogP contribution in [0.3, 0.4) is 0 Å². The zero-order chi connectivity index (χ0) is 35.3. The Balaban J connectivity index is 1.01. The molecule has 2 heteroatoms. The van der Waals surface area contributed by atoms with Crippen LogP contribution >= 0.6 is 0 Å². The maximum Gasteiger partial charge on any atom is 0.0998 e. The number of hydrogen-bond donors (Lipinski definition) is 0. The SMILES string of the molecule is N#Cc1cc(-c2ccc(-n3c4ccccc4c4ccccc43)cc2)ccc1-c1ccc(-c2c3ccccc3c(-c3ccccc3)c3ccccc23)cc1. The fraction of sp³-hybridized carbons (Fsp3) is 0. The lowest BCUT2D eigenvalue weighted by Gasteiger charge is -2.18. The highest BCUT2D eigenvalue weighted by atomic mass is 15.0. The van der Waals surface area contributed by atoms with Gasteiger partial charge in [-0.15, -0.1) is 0 Å². The van der Waals surface area contributed by atoms with Gasteiger partial charge in [0.1, 0.15) is 0 Å². The van der Waals surface area contributed by atoms with Gasteiger partial charge in [0.2, 0.25) is 0 Å². The van der Waals surface area contributed by atoms with Gasteiger partial charge in [0.15, 0.2) is 0 Å². The number of nitrogens with zero attached hydrogens (tertiary/aromatic N) is 2. The molecule has 9 aromatic carbocycles. The molecule has 1 heterocycles. The van der Waals surface area contributed by atoms with Gasteiger partial charge in [-0.05, 0) is 96.4 Å². The zero-order valence-electron chi connectivity index (χ0n) is 28.9. The number of hydrogen-bond acceptors (Lipinski definition) is 1. The van der Waals surface area contributed by atoms with Crippen molar-refractivity contribution >= 4 is 43.4 Å². The minimum Gasteiger partial charge on any atom is -0.309 e. The molecule has 246 valence electrons. The number of fused-ring (bicyclic) bond motifs is 5. The van der Waals surface area contributed by atoms with Crippen molar-refractivity contribution in [3.05, 3.63) is 200 Å². The van der Waals surface area contributed by atoms with E-state index >= 15 is 0 Å². The average molecular weight is 673 g/mol. The maximum absolute atomic E-state index is 10.4. The molecule has 1 aromatic heterocycles. The summed E-state index contributed by atoms with van der Waals surface area (Å²) in [4.78, 5) is 0. The van der Waals surface area contributed by atoms with Gasteiger partial charge in [0.05, 0.1) is 22.7 Å². The van der Waals surface area contributed by atoms with Gasteiger partial charge >= 0.3 is 0 Å². The molecule has 0 N–H and O–H groups in total. The van der Waals surface area contributed by atoms with Gasteiger partial charge in [-0.2, -0.15) is 5.26 Å². The van der Waals surface area contributed by atoms with Gasteiger partial charge in [-0.25, -0.2) is 0 Å². The average Bonchev–Trinajstić information content (AvgIpc) is 3.57. The topological polar surface area (TPSA) is 28.7 Å². The molecule has 10 aromatic rings. The lowest BCUT2D eigenvalue weighted by atomic mass is 9.85. The van der Waals surface area contributed by atoms with Crippen molar-refractivity contribution in [2.45, 2.75) is 0 Å². The van der Waals surface area contributed by atoms with E-state index in [1.54, 1.807) is 0 Å². The highest BCUT2D eigenvalue weighted by Gasteiger charge is 2.17. The van der Waals surface area contributed by atoms with Crippen LogP contribution in [0.15, 0.2) is 194 Å². The normalized spacial score (nSPS) is 11.4. The molecule has 0 unspecified atom stereocenters. The quantitative estimate of drug-likeness (QED) is 0.167. The van der Waals surface area contributed by atoms with Crippen LogP contribution in [0.25, 0.3) is 93.5 Å². The third-order valence-electron chi connectivity index (χ3n) is 10.7. The molecule has 0 aliphatic rings. The monoisotopic (exact) mass is 672 g/mol. The number of rotatable bonds is 5. The highest BCUT2D eigenvalue weighted by Crippen LogP contribution is 2.44. The summed E-state index contributed by atoms with van der Waals surface area (Å²) in [5.41, 5.74) is 13.0. The summed E-state index contributed by atoms with van der Waals surface area (Å²) in [6.07, 6.45) is 0. The Labute approximate surface area is 308 Å². The molecule has 0 amide bonds. The second-order valence-electron chi connectivity index (χ2n) is 13.6. The minimum atomic E-state index is 0.657. The molecule has 10 rings (SSSR count). The summed E-state index contributed by atoms with van der Waals surface area (Å²) in [5.74, 6) is 0. The van der Waals surface area contributed by atoms with Crippen molar-refractivity contribution in [2.75, 3.05) is 0 Å². The first kappa shape index (κ1) is 30.6. The van der Waals surface area contributed by atoms with Crippen LogP contribution in [0.1, 0.15) is 5.56 Å². The van der Waals surface area contributed by atoms with Crippen molar-refractivity contribution in [1.29, 1.82) is 5.26 Å².